The van der Waals surface area contributed by atoms with Crippen molar-refractivity contribution in [1.82, 2.24) is 10.2 Å². The lowest BCUT2D eigenvalue weighted by atomic mass is 9.78. The van der Waals surface area contributed by atoms with Gasteiger partial charge in [-0.15, -0.1) is 0 Å². The number of aliphatic hydroxyl groups excluding tert-OH is 1. The molecule has 2 unspecified atom stereocenters. The first kappa shape index (κ1) is 14.9. The van der Waals surface area contributed by atoms with Gasteiger partial charge in [-0.05, 0) is 52.6 Å². The summed E-state index contributed by atoms with van der Waals surface area (Å²) >= 11 is 0. The minimum absolute atomic E-state index is 0.0278. The minimum atomic E-state index is -0.0278. The molecule has 2 N–H and O–H groups in total. The van der Waals surface area contributed by atoms with Crippen LogP contribution in [0.2, 0.25) is 0 Å². The molecule has 0 heterocycles. The van der Waals surface area contributed by atoms with Crippen molar-refractivity contribution >= 4 is 0 Å². The Bertz CT molecular complexity index is 216. The zero-order valence-corrected chi connectivity index (χ0v) is 12.0. The molecule has 0 amide bonds. The number of hydrogen-bond donors (Lipinski definition) is 2. The molecular weight excluding hydrogens is 212 g/mol. The van der Waals surface area contributed by atoms with Crippen molar-refractivity contribution in [2.75, 3.05) is 19.7 Å². The summed E-state index contributed by atoms with van der Waals surface area (Å²) < 4.78 is 0. The number of aliphatic hydroxyl groups is 1. The summed E-state index contributed by atoms with van der Waals surface area (Å²) in [7, 11) is 0. The number of hydrogen-bond acceptors (Lipinski definition) is 3. The van der Waals surface area contributed by atoms with Crippen LogP contribution < -0.4 is 5.32 Å². The van der Waals surface area contributed by atoms with E-state index >= 15 is 0 Å². The lowest BCUT2D eigenvalue weighted by Crippen LogP contribution is -2.56. The molecule has 0 aliphatic heterocycles. The molecule has 0 radical (unpaired) electrons. The Morgan fingerprint density at radius 1 is 1.41 bits per heavy atom. The number of nitrogens with one attached hydrogen (secondary N) is 1. The van der Waals surface area contributed by atoms with Crippen LogP contribution in [0.1, 0.15) is 53.4 Å². The van der Waals surface area contributed by atoms with Crippen molar-refractivity contribution in [3.05, 3.63) is 0 Å². The Morgan fingerprint density at radius 2 is 2.12 bits per heavy atom. The predicted molar refractivity (Wildman–Crippen MR) is 73.3 cm³/mol. The van der Waals surface area contributed by atoms with Gasteiger partial charge >= 0.3 is 0 Å². The first-order valence-electron chi connectivity index (χ1n) is 7.20. The molecule has 0 spiro atoms. The Morgan fingerprint density at radius 3 is 2.59 bits per heavy atom. The van der Waals surface area contributed by atoms with Crippen LogP contribution in [0.4, 0.5) is 0 Å². The van der Waals surface area contributed by atoms with E-state index in [9.17, 15) is 5.11 Å². The molecule has 0 bridgehead atoms. The summed E-state index contributed by atoms with van der Waals surface area (Å²) in [6.07, 6.45) is 4.70. The third-order valence-electron chi connectivity index (χ3n) is 4.17. The van der Waals surface area contributed by atoms with Crippen LogP contribution in [0.3, 0.4) is 0 Å². The lowest BCUT2D eigenvalue weighted by Gasteiger charge is -2.45. The average Bonchev–Trinajstić information content (AvgIpc) is 2.30. The summed E-state index contributed by atoms with van der Waals surface area (Å²) in [4.78, 5) is 2.57. The van der Waals surface area contributed by atoms with E-state index in [2.05, 4.69) is 37.9 Å². The van der Waals surface area contributed by atoms with Crippen molar-refractivity contribution in [2.24, 2.45) is 0 Å². The van der Waals surface area contributed by atoms with Crippen LogP contribution in [0.25, 0.3) is 0 Å². The molecule has 1 saturated carbocycles. The largest absolute Gasteiger partial charge is 0.394 e. The van der Waals surface area contributed by atoms with Crippen molar-refractivity contribution < 1.29 is 5.11 Å². The fraction of sp³-hybridized carbons (Fsp3) is 1.00. The highest BCUT2D eigenvalue weighted by molar-refractivity contribution is 4.96. The van der Waals surface area contributed by atoms with Crippen molar-refractivity contribution in [3.8, 4) is 0 Å². The van der Waals surface area contributed by atoms with Crippen LogP contribution in [0.5, 0.6) is 0 Å². The second-order valence-electron chi connectivity index (χ2n) is 5.64. The maximum Gasteiger partial charge on any atom is 0.0613 e. The monoisotopic (exact) mass is 242 g/mol. The molecule has 0 aromatic carbocycles. The van der Waals surface area contributed by atoms with Gasteiger partial charge in [0.2, 0.25) is 0 Å². The smallest absolute Gasteiger partial charge is 0.0613 e. The molecule has 0 saturated heterocycles. The first-order valence-corrected chi connectivity index (χ1v) is 7.20. The molecule has 3 nitrogen and oxygen atoms in total. The van der Waals surface area contributed by atoms with Gasteiger partial charge in [-0.2, -0.15) is 0 Å². The van der Waals surface area contributed by atoms with E-state index in [0.717, 1.165) is 25.9 Å². The Balaban J connectivity index is 2.69. The number of nitrogens with zero attached hydrogens (tertiary/aromatic N) is 1. The van der Waals surface area contributed by atoms with E-state index < -0.39 is 0 Å². The Kier molecular flexibility index (Phi) is 5.90. The average molecular weight is 242 g/mol. The van der Waals surface area contributed by atoms with E-state index in [1.807, 2.05) is 0 Å². The van der Waals surface area contributed by atoms with Gasteiger partial charge in [-0.1, -0.05) is 13.8 Å². The lowest BCUT2D eigenvalue weighted by molar-refractivity contribution is 0.0490. The minimum Gasteiger partial charge on any atom is -0.394 e. The summed E-state index contributed by atoms with van der Waals surface area (Å²) in [5.74, 6) is 0. The maximum absolute atomic E-state index is 9.70. The third kappa shape index (κ3) is 3.67. The van der Waals surface area contributed by atoms with Gasteiger partial charge in [0.15, 0.2) is 0 Å². The van der Waals surface area contributed by atoms with Crippen LogP contribution >= 0.6 is 0 Å². The second kappa shape index (κ2) is 6.72. The van der Waals surface area contributed by atoms with Gasteiger partial charge in [0, 0.05) is 17.6 Å². The standard InChI is InChI=1S/C14H30N2O/c1-5-15-14(11-17)9-7-8-13(10-14)16(6-2)12(3)4/h12-13,15,17H,5-11H2,1-4H3. The molecule has 3 heteroatoms. The van der Waals surface area contributed by atoms with Crippen LogP contribution in [-0.2, 0) is 0 Å². The fourth-order valence-electron chi connectivity index (χ4n) is 3.39. The second-order valence-corrected chi connectivity index (χ2v) is 5.64. The Hall–Kier alpha value is -0.120. The molecule has 2 atom stereocenters. The normalized spacial score (nSPS) is 30.2. The molecule has 102 valence electrons. The predicted octanol–water partition coefficient (Wildman–Crippen LogP) is 2.00. The maximum atomic E-state index is 9.70. The molecule has 1 aliphatic rings. The van der Waals surface area contributed by atoms with Gasteiger partial charge in [0.1, 0.15) is 0 Å². The van der Waals surface area contributed by atoms with Gasteiger partial charge in [-0.25, -0.2) is 0 Å². The zero-order valence-electron chi connectivity index (χ0n) is 12.0. The highest BCUT2D eigenvalue weighted by Crippen LogP contribution is 2.31. The summed E-state index contributed by atoms with van der Waals surface area (Å²) in [5.41, 5.74) is -0.0278. The molecule has 1 aliphatic carbocycles. The highest BCUT2D eigenvalue weighted by atomic mass is 16.3. The Labute approximate surface area is 107 Å². The van der Waals surface area contributed by atoms with Gasteiger partial charge in [0.05, 0.1) is 6.61 Å². The van der Waals surface area contributed by atoms with Gasteiger partial charge < -0.3 is 10.4 Å². The fourth-order valence-corrected chi connectivity index (χ4v) is 3.39. The van der Waals surface area contributed by atoms with Gasteiger partial charge in [0.25, 0.3) is 0 Å². The van der Waals surface area contributed by atoms with E-state index in [-0.39, 0.29) is 12.1 Å². The van der Waals surface area contributed by atoms with Crippen molar-refractivity contribution in [3.63, 3.8) is 0 Å². The molecule has 1 fully saturated rings. The quantitative estimate of drug-likeness (QED) is 0.748. The molecule has 1 rings (SSSR count). The van der Waals surface area contributed by atoms with Crippen LogP contribution in [0, 0.1) is 0 Å². The molecular formula is C14H30N2O. The van der Waals surface area contributed by atoms with Crippen LogP contribution in [0.15, 0.2) is 0 Å². The van der Waals surface area contributed by atoms with Gasteiger partial charge in [-0.3, -0.25) is 4.90 Å². The first-order chi connectivity index (χ1) is 8.08. The SMILES string of the molecule is CCNC1(CO)CCCC(N(CC)C(C)C)C1. The van der Waals surface area contributed by atoms with E-state index in [1.54, 1.807) is 0 Å². The van der Waals surface area contributed by atoms with Crippen molar-refractivity contribution in [2.45, 2.75) is 71.0 Å². The third-order valence-corrected chi connectivity index (χ3v) is 4.17. The van der Waals surface area contributed by atoms with Crippen molar-refractivity contribution in [1.29, 1.82) is 0 Å². The van der Waals surface area contributed by atoms with E-state index in [4.69, 9.17) is 0 Å². The number of likely N-dealkylation sites (N-methyl/N-ethyl adjacent to an activating group) is 1. The highest BCUT2D eigenvalue weighted by Gasteiger charge is 2.37. The van der Waals surface area contributed by atoms with Crippen LogP contribution in [-0.4, -0.2) is 47.3 Å². The number of rotatable bonds is 6. The summed E-state index contributed by atoms with van der Waals surface area (Å²) in [6.45, 7) is 11.2. The summed E-state index contributed by atoms with van der Waals surface area (Å²) in [5, 5.41) is 13.2. The molecule has 0 aromatic heterocycles. The van der Waals surface area contributed by atoms with E-state index in [0.29, 0.717) is 12.1 Å². The van der Waals surface area contributed by atoms with E-state index in [1.165, 1.54) is 12.8 Å². The molecule has 17 heavy (non-hydrogen) atoms. The summed E-state index contributed by atoms with van der Waals surface area (Å²) in [6, 6.07) is 1.22. The zero-order chi connectivity index (χ0) is 12.9. The topological polar surface area (TPSA) is 35.5 Å². The molecule has 0 aromatic rings.